The topological polar surface area (TPSA) is 21.6 Å². The van der Waals surface area contributed by atoms with Crippen LogP contribution in [0.15, 0.2) is 4.99 Å². The fourth-order valence-corrected chi connectivity index (χ4v) is 0.841. The molecule has 1 aliphatic heterocycles. The van der Waals surface area contributed by atoms with Gasteiger partial charge in [0.05, 0.1) is 5.54 Å². The van der Waals surface area contributed by atoms with Crippen LogP contribution < -0.4 is 0 Å². The van der Waals surface area contributed by atoms with Crippen LogP contribution in [-0.2, 0) is 4.74 Å². The van der Waals surface area contributed by atoms with Gasteiger partial charge in [0.1, 0.15) is 6.61 Å². The number of rotatable bonds is 1. The van der Waals surface area contributed by atoms with Gasteiger partial charge in [0.25, 0.3) is 0 Å². The first-order valence-corrected chi connectivity index (χ1v) is 3.54. The summed E-state index contributed by atoms with van der Waals surface area (Å²) in [5.41, 5.74) is -0.00734. The Morgan fingerprint density at radius 3 is 2.18 bits per heavy atom. The molecule has 0 N–H and O–H groups in total. The Bertz CT molecular complexity index is 163. The minimum Gasteiger partial charge on any atom is -0.508 e. The molecule has 0 aromatic rings. The third kappa shape index (κ3) is 3.30. The summed E-state index contributed by atoms with van der Waals surface area (Å²) in [5, 5.41) is 0. The first kappa shape index (κ1) is 11.7. The normalized spacial score (nSPS) is 19.8. The molecule has 11 heavy (non-hydrogen) atoms. The van der Waals surface area contributed by atoms with Gasteiger partial charge in [-0.15, -0.1) is 0 Å². The maximum absolute atomic E-state index is 5.34. The van der Waals surface area contributed by atoms with Crippen molar-refractivity contribution in [2.75, 3.05) is 6.61 Å². The predicted molar refractivity (Wildman–Crippen MR) is 42.1 cm³/mol. The Morgan fingerprint density at radius 2 is 2.00 bits per heavy atom. The molecule has 0 atom stereocenters. The second-order valence-corrected chi connectivity index (χ2v) is 3.52. The molecule has 62 valence electrons. The van der Waals surface area contributed by atoms with Gasteiger partial charge in [0.2, 0.25) is 0 Å². The molecule has 0 bridgehead atoms. The monoisotopic (exact) mass is 280 g/mol. The summed E-state index contributed by atoms with van der Waals surface area (Å²) in [6, 6.07) is 0. The molecule has 0 unspecified atom stereocenters. The third-order valence-electron chi connectivity index (χ3n) is 1.39. The van der Waals surface area contributed by atoms with E-state index in [-0.39, 0.29) is 47.3 Å². The Balaban J connectivity index is 0.000001000. The number of hydrogen-bond donors (Lipinski definition) is 0. The standard InChI is InChI=1S/C8H14NO.Ce/c1-6(2)7-9-8(3,4)5-10-7;/h5H2,1-4H3;/q-1;. The van der Waals surface area contributed by atoms with Gasteiger partial charge in [-0.2, -0.15) is 13.8 Å². The van der Waals surface area contributed by atoms with Crippen LogP contribution in [0.3, 0.4) is 0 Å². The van der Waals surface area contributed by atoms with E-state index >= 15 is 0 Å². The second kappa shape index (κ2) is 4.10. The van der Waals surface area contributed by atoms with Gasteiger partial charge in [-0.1, -0.05) is 0 Å². The summed E-state index contributed by atoms with van der Waals surface area (Å²) >= 11 is 0. The molecule has 0 spiro atoms. The van der Waals surface area contributed by atoms with Crippen molar-refractivity contribution in [2.24, 2.45) is 4.99 Å². The minimum absolute atomic E-state index is 0. The van der Waals surface area contributed by atoms with Crippen LogP contribution in [0.2, 0.25) is 0 Å². The molecule has 2 nitrogen and oxygen atoms in total. The van der Waals surface area contributed by atoms with Crippen LogP contribution in [0.25, 0.3) is 0 Å². The van der Waals surface area contributed by atoms with Crippen molar-refractivity contribution < 1.29 is 46.5 Å². The number of nitrogens with zero attached hydrogens (tertiary/aromatic N) is 1. The molecule has 0 radical (unpaired) electrons. The first-order chi connectivity index (χ1) is 4.51. The van der Waals surface area contributed by atoms with Gasteiger partial charge < -0.3 is 4.74 Å². The van der Waals surface area contributed by atoms with Crippen molar-refractivity contribution in [3.8, 4) is 0 Å². The predicted octanol–water partition coefficient (Wildman–Crippen LogP) is 1.81. The first-order valence-electron chi connectivity index (χ1n) is 3.54. The quantitative estimate of drug-likeness (QED) is 0.671. The molecule has 3 heteroatoms. The van der Waals surface area contributed by atoms with E-state index in [2.05, 4.69) is 18.8 Å². The Morgan fingerprint density at radius 1 is 1.45 bits per heavy atom. The van der Waals surface area contributed by atoms with Crippen molar-refractivity contribution in [2.45, 2.75) is 33.2 Å². The van der Waals surface area contributed by atoms with Gasteiger partial charge in [-0.05, 0) is 13.8 Å². The number of aliphatic imine (C=N–C) groups is 1. The maximum Gasteiger partial charge on any atom is 0.111 e. The second-order valence-electron chi connectivity index (χ2n) is 3.52. The number of hydrogen-bond acceptors (Lipinski definition) is 2. The summed E-state index contributed by atoms with van der Waals surface area (Å²) in [4.78, 5) is 4.38. The third-order valence-corrected chi connectivity index (χ3v) is 1.39. The molecule has 0 aromatic heterocycles. The van der Waals surface area contributed by atoms with E-state index in [0.29, 0.717) is 6.61 Å². The van der Waals surface area contributed by atoms with E-state index < -0.39 is 0 Å². The van der Waals surface area contributed by atoms with Crippen LogP contribution >= 0.6 is 0 Å². The zero-order valence-electron chi connectivity index (χ0n) is 7.56. The van der Waals surface area contributed by atoms with Crippen LogP contribution in [0.5, 0.6) is 0 Å². The molecule has 0 amide bonds. The molecule has 1 heterocycles. The molecule has 1 aliphatic rings. The molecule has 0 saturated heterocycles. The SMILES string of the molecule is C[C-](C)C1=NC(C)(C)CO1.[Ce]. The summed E-state index contributed by atoms with van der Waals surface area (Å²) in [6.45, 7) is 8.89. The van der Waals surface area contributed by atoms with Gasteiger partial charge in [0.15, 0.2) is 0 Å². The van der Waals surface area contributed by atoms with E-state index in [0.717, 1.165) is 11.8 Å². The summed E-state index contributed by atoms with van der Waals surface area (Å²) in [7, 11) is 0. The van der Waals surface area contributed by atoms with Crippen molar-refractivity contribution in [1.82, 2.24) is 0 Å². The van der Waals surface area contributed by atoms with Crippen molar-refractivity contribution >= 4 is 5.90 Å². The Hall–Kier alpha value is 0.717. The Labute approximate surface area is 102 Å². The van der Waals surface area contributed by atoms with Gasteiger partial charge in [0, 0.05) is 47.6 Å². The van der Waals surface area contributed by atoms with Gasteiger partial charge in [-0.25, -0.2) is 0 Å². The molecule has 0 aromatic carbocycles. The van der Waals surface area contributed by atoms with E-state index in [1.54, 1.807) is 0 Å². The zero-order valence-corrected chi connectivity index (χ0v) is 10.7. The van der Waals surface area contributed by atoms with Crippen LogP contribution in [0.4, 0.5) is 0 Å². The molecule has 0 aliphatic carbocycles. The van der Waals surface area contributed by atoms with Crippen molar-refractivity contribution in [3.63, 3.8) is 0 Å². The summed E-state index contributed by atoms with van der Waals surface area (Å²) in [6.07, 6.45) is 0. The van der Waals surface area contributed by atoms with E-state index in [1.165, 1.54) is 0 Å². The molecule has 0 fully saturated rings. The van der Waals surface area contributed by atoms with E-state index in [4.69, 9.17) is 4.74 Å². The van der Waals surface area contributed by atoms with E-state index in [9.17, 15) is 0 Å². The summed E-state index contributed by atoms with van der Waals surface area (Å²) in [5.74, 6) is 1.98. The van der Waals surface area contributed by atoms with Crippen molar-refractivity contribution in [3.05, 3.63) is 5.92 Å². The fraction of sp³-hybridized carbons (Fsp3) is 0.750. The zero-order chi connectivity index (χ0) is 7.78. The van der Waals surface area contributed by atoms with Crippen LogP contribution in [0, 0.1) is 47.7 Å². The van der Waals surface area contributed by atoms with Crippen LogP contribution in [-0.4, -0.2) is 18.0 Å². The average Bonchev–Trinajstić information content (AvgIpc) is 2.10. The molecular formula is C8H14CeNO-. The average molecular weight is 280 g/mol. The van der Waals surface area contributed by atoms with E-state index in [1.807, 2.05) is 13.8 Å². The smallest absolute Gasteiger partial charge is 0.111 e. The van der Waals surface area contributed by atoms with Gasteiger partial charge >= 0.3 is 0 Å². The summed E-state index contributed by atoms with van der Waals surface area (Å²) < 4.78 is 5.34. The largest absolute Gasteiger partial charge is 0.508 e. The molecular weight excluding hydrogens is 266 g/mol. The van der Waals surface area contributed by atoms with Crippen LogP contribution in [0.1, 0.15) is 27.7 Å². The maximum atomic E-state index is 5.34. The molecule has 1 rings (SSSR count). The number of ether oxygens (including phenoxy) is 1. The fourth-order valence-electron chi connectivity index (χ4n) is 0.841. The van der Waals surface area contributed by atoms with Gasteiger partial charge in [-0.3, -0.25) is 10.9 Å². The van der Waals surface area contributed by atoms with Crippen molar-refractivity contribution in [1.29, 1.82) is 0 Å². The minimum atomic E-state index is -0.00734. The molecule has 0 saturated carbocycles. The Kier molecular flexibility index (Phi) is 4.36.